The van der Waals surface area contributed by atoms with Gasteiger partial charge in [-0.1, -0.05) is 11.6 Å². The quantitative estimate of drug-likeness (QED) is 0.645. The number of hydrogen-bond donors (Lipinski definition) is 1. The Balaban J connectivity index is 2.98. The molecule has 1 aromatic rings. The van der Waals surface area contributed by atoms with Crippen LogP contribution in [0, 0.1) is 5.82 Å². The van der Waals surface area contributed by atoms with E-state index in [0.717, 1.165) is 12.1 Å². The van der Waals surface area contributed by atoms with Gasteiger partial charge < -0.3 is 19.3 Å². The van der Waals surface area contributed by atoms with Gasteiger partial charge in [0.1, 0.15) is 12.2 Å². The summed E-state index contributed by atoms with van der Waals surface area (Å²) in [5.41, 5.74) is -1.03. The molecule has 0 saturated heterocycles. The molecule has 1 N–H and O–H groups in total. The number of nitrogens with zero attached hydrogens (tertiary/aromatic N) is 1. The van der Waals surface area contributed by atoms with Gasteiger partial charge in [-0.3, -0.25) is 4.90 Å². The first-order valence-electron chi connectivity index (χ1n) is 8.92. The van der Waals surface area contributed by atoms with E-state index in [0.29, 0.717) is 13.2 Å². The van der Waals surface area contributed by atoms with Crippen LogP contribution in [0.3, 0.4) is 0 Å². The minimum absolute atomic E-state index is 0.0905. The van der Waals surface area contributed by atoms with E-state index in [2.05, 4.69) is 0 Å². The Morgan fingerprint density at radius 1 is 1.25 bits per heavy atom. The summed E-state index contributed by atoms with van der Waals surface area (Å²) in [6, 6.07) is 1.35. The fraction of sp³-hybridized carbons (Fsp3) is 0.579. The molecule has 0 fully saturated rings. The van der Waals surface area contributed by atoms with Crippen LogP contribution in [0.15, 0.2) is 12.1 Å². The van der Waals surface area contributed by atoms with Gasteiger partial charge in [0.15, 0.2) is 11.6 Å². The van der Waals surface area contributed by atoms with Crippen molar-refractivity contribution in [3.05, 3.63) is 28.5 Å². The zero-order chi connectivity index (χ0) is 21.5. The monoisotopic (exact) mass is 419 g/mol. The zero-order valence-electron chi connectivity index (χ0n) is 16.8. The number of rotatable bonds is 9. The lowest BCUT2D eigenvalue weighted by molar-refractivity contribution is -0.00496. The second-order valence-electron chi connectivity index (χ2n) is 6.96. The maximum absolute atomic E-state index is 14.2. The molecule has 0 aliphatic heterocycles. The summed E-state index contributed by atoms with van der Waals surface area (Å²) < 4.78 is 30.5. The third-order valence-electron chi connectivity index (χ3n) is 3.61. The van der Waals surface area contributed by atoms with E-state index < -0.39 is 29.5 Å². The molecule has 158 valence electrons. The van der Waals surface area contributed by atoms with Gasteiger partial charge in [0.05, 0.1) is 23.2 Å². The first kappa shape index (κ1) is 24.0. The predicted octanol–water partition coefficient (Wildman–Crippen LogP) is 4.22. The standard InChI is InChI=1S/C19H27ClFNO6/c1-6-22(18(25)28-19(3,4)5)12(10-26-7-2)11-27-16-9-14(20)13(17(23)24)8-15(16)21/h8-9,12H,6-7,10-11H2,1-5H3,(H,23,24). The molecule has 9 heteroatoms. The smallest absolute Gasteiger partial charge is 0.410 e. The van der Waals surface area contributed by atoms with E-state index in [1.165, 1.54) is 4.90 Å². The van der Waals surface area contributed by atoms with E-state index in [1.54, 1.807) is 27.7 Å². The molecule has 0 heterocycles. The lowest BCUT2D eigenvalue weighted by Gasteiger charge is -2.32. The van der Waals surface area contributed by atoms with Gasteiger partial charge in [0.2, 0.25) is 0 Å². The summed E-state index contributed by atoms with van der Waals surface area (Å²) in [4.78, 5) is 24.9. The van der Waals surface area contributed by atoms with Crippen molar-refractivity contribution in [3.63, 3.8) is 0 Å². The van der Waals surface area contributed by atoms with Crippen LogP contribution in [0.4, 0.5) is 9.18 Å². The second-order valence-corrected chi connectivity index (χ2v) is 7.37. The number of carboxylic acid groups (broad SMARTS) is 1. The van der Waals surface area contributed by atoms with Crippen molar-refractivity contribution in [2.75, 3.05) is 26.4 Å². The topological polar surface area (TPSA) is 85.3 Å². The lowest BCUT2D eigenvalue weighted by Crippen LogP contribution is -2.48. The minimum atomic E-state index is -1.34. The summed E-state index contributed by atoms with van der Waals surface area (Å²) in [7, 11) is 0. The van der Waals surface area contributed by atoms with Crippen molar-refractivity contribution in [2.45, 2.75) is 46.3 Å². The maximum atomic E-state index is 14.2. The van der Waals surface area contributed by atoms with Crippen LogP contribution in [0.25, 0.3) is 0 Å². The van der Waals surface area contributed by atoms with E-state index >= 15 is 0 Å². The number of hydrogen-bond acceptors (Lipinski definition) is 5. The van der Waals surface area contributed by atoms with E-state index in [-0.39, 0.29) is 29.5 Å². The Kier molecular flexibility index (Phi) is 8.97. The van der Waals surface area contributed by atoms with Gasteiger partial charge in [-0.15, -0.1) is 0 Å². The first-order valence-corrected chi connectivity index (χ1v) is 9.30. The van der Waals surface area contributed by atoms with E-state index in [9.17, 15) is 14.0 Å². The maximum Gasteiger partial charge on any atom is 0.410 e. The number of amides is 1. The van der Waals surface area contributed by atoms with Crippen molar-refractivity contribution < 1.29 is 33.3 Å². The third-order valence-corrected chi connectivity index (χ3v) is 3.92. The molecular formula is C19H27ClFNO6. The van der Waals surface area contributed by atoms with Crippen molar-refractivity contribution in [2.24, 2.45) is 0 Å². The summed E-state index contributed by atoms with van der Waals surface area (Å²) in [5.74, 6) is -2.42. The highest BCUT2D eigenvalue weighted by atomic mass is 35.5. The molecule has 0 bridgehead atoms. The molecule has 0 radical (unpaired) electrons. The Morgan fingerprint density at radius 2 is 1.89 bits per heavy atom. The van der Waals surface area contributed by atoms with Gasteiger partial charge in [-0.05, 0) is 40.7 Å². The Morgan fingerprint density at radius 3 is 2.39 bits per heavy atom. The molecule has 28 heavy (non-hydrogen) atoms. The van der Waals surface area contributed by atoms with Crippen LogP contribution in [-0.2, 0) is 9.47 Å². The van der Waals surface area contributed by atoms with Crippen LogP contribution in [-0.4, -0.2) is 60.1 Å². The minimum Gasteiger partial charge on any atom is -0.488 e. The lowest BCUT2D eigenvalue weighted by atomic mass is 10.2. The number of carbonyl (C=O) groups excluding carboxylic acids is 1. The largest absolute Gasteiger partial charge is 0.488 e. The second kappa shape index (κ2) is 10.5. The summed E-state index contributed by atoms with van der Waals surface area (Å²) in [5, 5.41) is 8.84. The molecule has 0 spiro atoms. The molecule has 1 rings (SSSR count). The van der Waals surface area contributed by atoms with Crippen LogP contribution in [0.5, 0.6) is 5.75 Å². The van der Waals surface area contributed by atoms with Crippen molar-refractivity contribution in [3.8, 4) is 5.75 Å². The molecule has 1 atom stereocenters. The van der Waals surface area contributed by atoms with Gasteiger partial charge in [-0.25, -0.2) is 14.0 Å². The molecule has 7 nitrogen and oxygen atoms in total. The van der Waals surface area contributed by atoms with Crippen molar-refractivity contribution in [1.29, 1.82) is 0 Å². The fourth-order valence-electron chi connectivity index (χ4n) is 2.33. The molecule has 1 amide bonds. The normalized spacial score (nSPS) is 12.4. The number of carbonyl (C=O) groups is 2. The number of likely N-dealkylation sites (N-methyl/N-ethyl adjacent to an activating group) is 1. The van der Waals surface area contributed by atoms with Crippen molar-refractivity contribution >= 4 is 23.7 Å². The molecular weight excluding hydrogens is 393 g/mol. The van der Waals surface area contributed by atoms with Gasteiger partial charge in [0.25, 0.3) is 0 Å². The van der Waals surface area contributed by atoms with Crippen LogP contribution < -0.4 is 4.74 Å². The van der Waals surface area contributed by atoms with Gasteiger partial charge in [0, 0.05) is 19.2 Å². The van der Waals surface area contributed by atoms with Crippen LogP contribution >= 0.6 is 11.6 Å². The average molecular weight is 420 g/mol. The van der Waals surface area contributed by atoms with Gasteiger partial charge in [-0.2, -0.15) is 0 Å². The van der Waals surface area contributed by atoms with Crippen molar-refractivity contribution in [1.82, 2.24) is 4.90 Å². The molecule has 0 aromatic heterocycles. The highest BCUT2D eigenvalue weighted by Crippen LogP contribution is 2.27. The Bertz CT molecular complexity index is 692. The number of carboxylic acids is 1. The Hall–Kier alpha value is -2.06. The third kappa shape index (κ3) is 7.16. The van der Waals surface area contributed by atoms with E-state index in [4.69, 9.17) is 30.9 Å². The molecule has 1 unspecified atom stereocenters. The number of aromatic carboxylic acids is 1. The van der Waals surface area contributed by atoms with Crippen LogP contribution in [0.2, 0.25) is 5.02 Å². The fourth-order valence-corrected chi connectivity index (χ4v) is 2.56. The Labute approximate surface area is 169 Å². The molecule has 0 aliphatic rings. The SMILES string of the molecule is CCOCC(COc1cc(Cl)c(C(=O)O)cc1F)N(CC)C(=O)OC(C)(C)C. The zero-order valence-corrected chi connectivity index (χ0v) is 17.5. The predicted molar refractivity (Wildman–Crippen MR) is 103 cm³/mol. The summed E-state index contributed by atoms with van der Waals surface area (Å²) >= 11 is 5.87. The summed E-state index contributed by atoms with van der Waals surface area (Å²) in [6.45, 7) is 9.69. The molecule has 0 aliphatic carbocycles. The number of benzene rings is 1. The molecule has 1 aromatic carbocycles. The van der Waals surface area contributed by atoms with Gasteiger partial charge >= 0.3 is 12.1 Å². The average Bonchev–Trinajstić information content (AvgIpc) is 2.57. The number of ether oxygens (including phenoxy) is 3. The van der Waals surface area contributed by atoms with Crippen LogP contribution in [0.1, 0.15) is 45.0 Å². The highest BCUT2D eigenvalue weighted by Gasteiger charge is 2.28. The molecule has 0 saturated carbocycles. The summed E-state index contributed by atoms with van der Waals surface area (Å²) in [6.07, 6.45) is -0.539. The van der Waals surface area contributed by atoms with E-state index in [1.807, 2.05) is 6.92 Å². The highest BCUT2D eigenvalue weighted by molar-refractivity contribution is 6.33. The first-order chi connectivity index (χ1) is 13.0. The number of halogens is 2.